The minimum atomic E-state index is 0.479. The highest BCUT2D eigenvalue weighted by molar-refractivity contribution is 7.15. The Morgan fingerprint density at radius 2 is 2.29 bits per heavy atom. The second kappa shape index (κ2) is 4.50. The van der Waals surface area contributed by atoms with Crippen LogP contribution in [0.1, 0.15) is 9.88 Å². The van der Waals surface area contributed by atoms with E-state index in [4.69, 9.17) is 10.5 Å². The topological polar surface area (TPSA) is 61.0 Å². The molecule has 6 heteroatoms. The van der Waals surface area contributed by atoms with Crippen LogP contribution in [-0.4, -0.2) is 10.2 Å². The fraction of sp³-hybridized carbons (Fsp3) is 0.250. The van der Waals surface area contributed by atoms with E-state index in [1.54, 1.807) is 11.3 Å². The molecule has 0 spiro atoms. The maximum Gasteiger partial charge on any atom is 0.203 e. The van der Waals surface area contributed by atoms with Crippen LogP contribution >= 0.6 is 22.7 Å². The van der Waals surface area contributed by atoms with Crippen molar-refractivity contribution < 1.29 is 4.74 Å². The minimum Gasteiger partial charge on any atom is -0.374 e. The standard InChI is InChI=1S/C8H9N3OS2/c9-8-11-10-7(14-8)5-12-4-6-2-1-3-13-6/h1-3H,4-5H2,(H2,9,11). The van der Waals surface area contributed by atoms with Gasteiger partial charge in [-0.1, -0.05) is 17.4 Å². The Kier molecular flexibility index (Phi) is 3.07. The molecule has 0 bridgehead atoms. The van der Waals surface area contributed by atoms with Gasteiger partial charge in [0.1, 0.15) is 11.6 Å². The van der Waals surface area contributed by atoms with Crippen molar-refractivity contribution in [3.05, 3.63) is 27.4 Å². The molecule has 0 saturated heterocycles. The molecule has 0 radical (unpaired) electrons. The molecule has 0 amide bonds. The molecule has 2 aromatic rings. The van der Waals surface area contributed by atoms with E-state index in [2.05, 4.69) is 10.2 Å². The Bertz CT molecular complexity index is 385. The smallest absolute Gasteiger partial charge is 0.203 e. The van der Waals surface area contributed by atoms with E-state index in [1.165, 1.54) is 16.2 Å². The summed E-state index contributed by atoms with van der Waals surface area (Å²) >= 11 is 3.04. The van der Waals surface area contributed by atoms with E-state index >= 15 is 0 Å². The second-order valence-corrected chi connectivity index (χ2v) is 4.73. The zero-order valence-electron chi connectivity index (χ0n) is 7.34. The summed E-state index contributed by atoms with van der Waals surface area (Å²) < 4.78 is 5.44. The van der Waals surface area contributed by atoms with Crippen LogP contribution in [0.5, 0.6) is 0 Å². The SMILES string of the molecule is Nc1nnc(COCc2cccs2)s1. The van der Waals surface area contributed by atoms with Gasteiger partial charge in [0.2, 0.25) is 5.13 Å². The van der Waals surface area contributed by atoms with Crippen LogP contribution in [0.4, 0.5) is 5.13 Å². The summed E-state index contributed by atoms with van der Waals surface area (Å²) in [6.07, 6.45) is 0. The van der Waals surface area contributed by atoms with Gasteiger partial charge in [0.25, 0.3) is 0 Å². The van der Waals surface area contributed by atoms with Crippen LogP contribution in [-0.2, 0) is 18.0 Å². The number of anilines is 1. The van der Waals surface area contributed by atoms with E-state index in [9.17, 15) is 0 Å². The van der Waals surface area contributed by atoms with Crippen molar-refractivity contribution in [2.45, 2.75) is 13.2 Å². The van der Waals surface area contributed by atoms with Crippen LogP contribution in [0.15, 0.2) is 17.5 Å². The first kappa shape index (κ1) is 9.57. The quantitative estimate of drug-likeness (QED) is 0.866. The summed E-state index contributed by atoms with van der Waals surface area (Å²) in [4.78, 5) is 1.21. The molecular formula is C8H9N3OS2. The number of hydrogen-bond acceptors (Lipinski definition) is 6. The van der Waals surface area contributed by atoms with Gasteiger partial charge in [-0.2, -0.15) is 0 Å². The van der Waals surface area contributed by atoms with E-state index in [0.29, 0.717) is 18.3 Å². The molecule has 0 aromatic carbocycles. The average molecular weight is 227 g/mol. The van der Waals surface area contributed by atoms with Gasteiger partial charge in [-0.15, -0.1) is 21.5 Å². The number of ether oxygens (including phenoxy) is 1. The van der Waals surface area contributed by atoms with Crippen LogP contribution in [0.25, 0.3) is 0 Å². The van der Waals surface area contributed by atoms with Gasteiger partial charge in [-0.05, 0) is 11.4 Å². The fourth-order valence-electron chi connectivity index (χ4n) is 0.959. The Hall–Kier alpha value is -0.980. The zero-order chi connectivity index (χ0) is 9.80. The third kappa shape index (κ3) is 2.50. The summed E-state index contributed by atoms with van der Waals surface area (Å²) in [6.45, 7) is 1.10. The number of nitrogen functional groups attached to an aromatic ring is 1. The molecule has 74 valence electrons. The molecule has 0 unspecified atom stereocenters. The molecule has 0 atom stereocenters. The van der Waals surface area contributed by atoms with Gasteiger partial charge in [0.15, 0.2) is 0 Å². The Balaban J connectivity index is 1.78. The van der Waals surface area contributed by atoms with Gasteiger partial charge < -0.3 is 10.5 Å². The molecule has 2 N–H and O–H groups in total. The predicted octanol–water partition coefficient (Wildman–Crippen LogP) is 1.90. The fourth-order valence-corrected chi connectivity index (χ4v) is 2.15. The van der Waals surface area contributed by atoms with E-state index in [1.807, 2.05) is 17.5 Å². The van der Waals surface area contributed by atoms with E-state index in [-0.39, 0.29) is 0 Å². The van der Waals surface area contributed by atoms with Crippen molar-refractivity contribution in [3.8, 4) is 0 Å². The van der Waals surface area contributed by atoms with Crippen molar-refractivity contribution in [2.75, 3.05) is 5.73 Å². The highest BCUT2D eigenvalue weighted by Gasteiger charge is 2.01. The predicted molar refractivity (Wildman–Crippen MR) is 57.1 cm³/mol. The second-order valence-electron chi connectivity index (χ2n) is 2.61. The lowest BCUT2D eigenvalue weighted by Crippen LogP contribution is -1.91. The maximum atomic E-state index is 5.44. The van der Waals surface area contributed by atoms with Crippen molar-refractivity contribution in [1.82, 2.24) is 10.2 Å². The number of rotatable bonds is 4. The molecule has 2 aromatic heterocycles. The summed E-state index contributed by atoms with van der Waals surface area (Å²) in [6, 6.07) is 4.05. The lowest BCUT2D eigenvalue weighted by Gasteiger charge is -1.97. The monoisotopic (exact) mass is 227 g/mol. The summed E-state index contributed by atoms with van der Waals surface area (Å²) in [7, 11) is 0. The van der Waals surface area contributed by atoms with E-state index < -0.39 is 0 Å². The van der Waals surface area contributed by atoms with Crippen molar-refractivity contribution in [3.63, 3.8) is 0 Å². The molecule has 2 heterocycles. The lowest BCUT2D eigenvalue weighted by atomic mass is 10.5. The lowest BCUT2D eigenvalue weighted by molar-refractivity contribution is 0.108. The highest BCUT2D eigenvalue weighted by Crippen LogP contribution is 2.14. The number of hydrogen-bond donors (Lipinski definition) is 1. The summed E-state index contributed by atoms with van der Waals surface area (Å²) in [5.74, 6) is 0. The molecule has 0 aliphatic heterocycles. The van der Waals surface area contributed by atoms with E-state index in [0.717, 1.165) is 5.01 Å². The molecular weight excluding hydrogens is 218 g/mol. The molecule has 0 saturated carbocycles. The van der Waals surface area contributed by atoms with Crippen molar-refractivity contribution >= 4 is 27.8 Å². The van der Waals surface area contributed by atoms with Gasteiger partial charge >= 0.3 is 0 Å². The first-order valence-electron chi connectivity index (χ1n) is 4.02. The van der Waals surface area contributed by atoms with Crippen LogP contribution < -0.4 is 5.73 Å². The van der Waals surface area contributed by atoms with Gasteiger partial charge in [0.05, 0.1) is 6.61 Å². The van der Waals surface area contributed by atoms with Crippen LogP contribution in [0.2, 0.25) is 0 Å². The normalized spacial score (nSPS) is 10.6. The third-order valence-corrected chi connectivity index (χ3v) is 3.11. The Morgan fingerprint density at radius 3 is 2.93 bits per heavy atom. The number of nitrogens with two attached hydrogens (primary N) is 1. The molecule has 4 nitrogen and oxygen atoms in total. The molecule has 0 aliphatic carbocycles. The van der Waals surface area contributed by atoms with Crippen LogP contribution in [0, 0.1) is 0 Å². The Morgan fingerprint density at radius 1 is 1.36 bits per heavy atom. The zero-order valence-corrected chi connectivity index (χ0v) is 8.98. The maximum absolute atomic E-state index is 5.44. The highest BCUT2D eigenvalue weighted by atomic mass is 32.1. The summed E-state index contributed by atoms with van der Waals surface area (Å²) in [5, 5.41) is 10.9. The molecule has 14 heavy (non-hydrogen) atoms. The first-order chi connectivity index (χ1) is 6.84. The number of aromatic nitrogens is 2. The largest absolute Gasteiger partial charge is 0.374 e. The van der Waals surface area contributed by atoms with Crippen LogP contribution in [0.3, 0.4) is 0 Å². The molecule has 0 aliphatic rings. The van der Waals surface area contributed by atoms with Crippen molar-refractivity contribution in [1.29, 1.82) is 0 Å². The minimum absolute atomic E-state index is 0.479. The molecule has 2 rings (SSSR count). The van der Waals surface area contributed by atoms with Gasteiger partial charge in [-0.25, -0.2) is 0 Å². The number of nitrogens with zero attached hydrogens (tertiary/aromatic N) is 2. The van der Waals surface area contributed by atoms with Crippen molar-refractivity contribution in [2.24, 2.45) is 0 Å². The average Bonchev–Trinajstić information content (AvgIpc) is 2.77. The molecule has 0 fully saturated rings. The Labute approximate surface area is 89.4 Å². The first-order valence-corrected chi connectivity index (χ1v) is 5.72. The third-order valence-electron chi connectivity index (χ3n) is 1.53. The van der Waals surface area contributed by atoms with Gasteiger partial charge in [-0.3, -0.25) is 0 Å². The summed E-state index contributed by atoms with van der Waals surface area (Å²) in [5.41, 5.74) is 5.44. The number of thiophene rings is 1. The van der Waals surface area contributed by atoms with Gasteiger partial charge in [0, 0.05) is 4.88 Å².